The molecule has 0 atom stereocenters. The Bertz CT molecular complexity index is 1090. The van der Waals surface area contributed by atoms with E-state index in [2.05, 4.69) is 34.3 Å². The van der Waals surface area contributed by atoms with Crippen molar-refractivity contribution in [2.24, 2.45) is 0 Å². The standard InChI is InChI=1S/C19H22N4O3S/c1-13-6-4-5-7-15(13)19(8-9-19)18-20-17(26-22-18)16-12-14(2)23(21-16)10-11-27(3,24)25/h4-7,12H,8-11H2,1-3H3. The second-order valence-corrected chi connectivity index (χ2v) is 9.60. The van der Waals surface area contributed by atoms with E-state index in [0.717, 1.165) is 18.5 Å². The maximum Gasteiger partial charge on any atom is 0.278 e. The minimum atomic E-state index is -3.05. The average Bonchev–Trinajstić information content (AvgIpc) is 3.09. The molecule has 0 spiro atoms. The maximum atomic E-state index is 11.4. The maximum absolute atomic E-state index is 11.4. The lowest BCUT2D eigenvalue weighted by molar-refractivity contribution is 0.416. The highest BCUT2D eigenvalue weighted by Crippen LogP contribution is 2.53. The number of aryl methyl sites for hydroxylation is 3. The number of hydrogen-bond acceptors (Lipinski definition) is 6. The van der Waals surface area contributed by atoms with E-state index < -0.39 is 9.84 Å². The van der Waals surface area contributed by atoms with Gasteiger partial charge in [-0.2, -0.15) is 10.1 Å². The van der Waals surface area contributed by atoms with Gasteiger partial charge in [0, 0.05) is 11.9 Å². The first-order valence-corrected chi connectivity index (χ1v) is 11.0. The molecule has 2 heterocycles. The van der Waals surface area contributed by atoms with E-state index in [-0.39, 0.29) is 11.2 Å². The zero-order valence-corrected chi connectivity index (χ0v) is 16.5. The summed E-state index contributed by atoms with van der Waals surface area (Å²) in [6, 6.07) is 10.1. The third-order valence-electron chi connectivity index (χ3n) is 5.14. The number of benzene rings is 1. The number of rotatable bonds is 6. The van der Waals surface area contributed by atoms with Gasteiger partial charge in [0.05, 0.1) is 17.7 Å². The molecule has 0 amide bonds. The Kier molecular flexibility index (Phi) is 4.18. The second kappa shape index (κ2) is 6.30. The molecule has 0 unspecified atom stereocenters. The van der Waals surface area contributed by atoms with E-state index in [9.17, 15) is 8.42 Å². The summed E-state index contributed by atoms with van der Waals surface area (Å²) in [5, 5.41) is 8.68. The van der Waals surface area contributed by atoms with E-state index in [1.807, 2.05) is 25.1 Å². The predicted molar refractivity (Wildman–Crippen MR) is 101 cm³/mol. The van der Waals surface area contributed by atoms with Crippen LogP contribution in [0, 0.1) is 13.8 Å². The average molecular weight is 386 g/mol. The minimum absolute atomic E-state index is 0.0421. The molecule has 0 bridgehead atoms. The Morgan fingerprint density at radius 2 is 1.96 bits per heavy atom. The largest absolute Gasteiger partial charge is 0.332 e. The smallest absolute Gasteiger partial charge is 0.278 e. The molecule has 142 valence electrons. The fourth-order valence-electron chi connectivity index (χ4n) is 3.46. The van der Waals surface area contributed by atoms with Crippen molar-refractivity contribution in [2.75, 3.05) is 12.0 Å². The number of aromatic nitrogens is 4. The summed E-state index contributed by atoms with van der Waals surface area (Å²) in [5.74, 6) is 1.10. The van der Waals surface area contributed by atoms with Crippen molar-refractivity contribution in [3.8, 4) is 11.6 Å². The molecule has 1 aromatic carbocycles. The van der Waals surface area contributed by atoms with Gasteiger partial charge in [-0.3, -0.25) is 4.68 Å². The molecule has 1 saturated carbocycles. The summed E-state index contributed by atoms with van der Waals surface area (Å²) < 4.78 is 29.9. The number of sulfone groups is 1. The highest BCUT2D eigenvalue weighted by Gasteiger charge is 2.50. The van der Waals surface area contributed by atoms with Crippen LogP contribution in [0.3, 0.4) is 0 Å². The summed E-state index contributed by atoms with van der Waals surface area (Å²) in [7, 11) is -3.05. The molecule has 8 heteroatoms. The molecule has 1 aliphatic rings. The van der Waals surface area contributed by atoms with Crippen molar-refractivity contribution >= 4 is 9.84 Å². The van der Waals surface area contributed by atoms with Crippen LogP contribution in [0.4, 0.5) is 0 Å². The number of nitrogens with zero attached hydrogens (tertiary/aromatic N) is 4. The first-order chi connectivity index (χ1) is 12.8. The highest BCUT2D eigenvalue weighted by molar-refractivity contribution is 7.90. The fourth-order valence-corrected chi connectivity index (χ4v) is 3.97. The van der Waals surface area contributed by atoms with Crippen molar-refractivity contribution in [1.82, 2.24) is 19.9 Å². The van der Waals surface area contributed by atoms with Crippen LogP contribution in [0.5, 0.6) is 0 Å². The molecule has 27 heavy (non-hydrogen) atoms. The molecule has 0 aliphatic heterocycles. The lowest BCUT2D eigenvalue weighted by Crippen LogP contribution is -2.13. The SMILES string of the molecule is Cc1ccccc1C1(c2noc(-c3cc(C)n(CCS(C)(=O)=O)n3)n2)CC1. The van der Waals surface area contributed by atoms with Crippen LogP contribution in [-0.4, -0.2) is 40.3 Å². The van der Waals surface area contributed by atoms with Gasteiger partial charge in [0.25, 0.3) is 5.89 Å². The van der Waals surface area contributed by atoms with Crippen LogP contribution in [-0.2, 0) is 21.8 Å². The molecular formula is C19H22N4O3S. The molecule has 1 aliphatic carbocycles. The van der Waals surface area contributed by atoms with Crippen LogP contribution in [0.2, 0.25) is 0 Å². The monoisotopic (exact) mass is 386 g/mol. The third kappa shape index (κ3) is 3.41. The molecule has 3 aromatic rings. The van der Waals surface area contributed by atoms with Crippen LogP contribution in [0.1, 0.15) is 35.5 Å². The van der Waals surface area contributed by atoms with Gasteiger partial charge in [-0.1, -0.05) is 29.4 Å². The summed E-state index contributed by atoms with van der Waals surface area (Å²) >= 11 is 0. The van der Waals surface area contributed by atoms with Crippen molar-refractivity contribution < 1.29 is 12.9 Å². The van der Waals surface area contributed by atoms with Crippen molar-refractivity contribution in [2.45, 2.75) is 38.6 Å². The Balaban J connectivity index is 1.61. The van der Waals surface area contributed by atoms with Gasteiger partial charge in [-0.25, -0.2) is 8.42 Å². The quantitative estimate of drug-likeness (QED) is 0.647. The topological polar surface area (TPSA) is 90.9 Å². The number of hydrogen-bond donors (Lipinski definition) is 0. The predicted octanol–water partition coefficient (Wildman–Crippen LogP) is 2.67. The highest BCUT2D eigenvalue weighted by atomic mass is 32.2. The molecule has 7 nitrogen and oxygen atoms in total. The minimum Gasteiger partial charge on any atom is -0.332 e. The van der Waals surface area contributed by atoms with Crippen LogP contribution >= 0.6 is 0 Å². The van der Waals surface area contributed by atoms with Gasteiger partial charge < -0.3 is 4.52 Å². The normalized spacial score (nSPS) is 15.8. The first kappa shape index (κ1) is 17.9. The van der Waals surface area contributed by atoms with Gasteiger partial charge >= 0.3 is 0 Å². The molecule has 1 fully saturated rings. The van der Waals surface area contributed by atoms with E-state index in [1.54, 1.807) is 4.68 Å². The van der Waals surface area contributed by atoms with Crippen molar-refractivity contribution in [1.29, 1.82) is 0 Å². The molecule has 0 N–H and O–H groups in total. The molecule has 2 aromatic heterocycles. The van der Waals surface area contributed by atoms with Gasteiger partial charge in [0.2, 0.25) is 0 Å². The summed E-state index contributed by atoms with van der Waals surface area (Å²) in [6.45, 7) is 4.29. The van der Waals surface area contributed by atoms with E-state index in [0.29, 0.717) is 24.0 Å². The molecular weight excluding hydrogens is 364 g/mol. The van der Waals surface area contributed by atoms with E-state index in [1.165, 1.54) is 17.4 Å². The van der Waals surface area contributed by atoms with Gasteiger partial charge in [-0.05, 0) is 43.9 Å². The van der Waals surface area contributed by atoms with Crippen molar-refractivity contribution in [3.63, 3.8) is 0 Å². The lowest BCUT2D eigenvalue weighted by atomic mass is 9.91. The van der Waals surface area contributed by atoms with Crippen LogP contribution in [0.25, 0.3) is 11.6 Å². The summed E-state index contributed by atoms with van der Waals surface area (Å²) in [5.41, 5.74) is 3.73. The summed E-state index contributed by atoms with van der Waals surface area (Å²) in [4.78, 5) is 4.62. The Labute approximate surface area is 158 Å². The Hall–Kier alpha value is -2.48. The summed E-state index contributed by atoms with van der Waals surface area (Å²) in [6.07, 6.45) is 3.22. The Morgan fingerprint density at radius 1 is 1.22 bits per heavy atom. The van der Waals surface area contributed by atoms with Gasteiger partial charge in [-0.15, -0.1) is 0 Å². The van der Waals surface area contributed by atoms with E-state index >= 15 is 0 Å². The lowest BCUT2D eigenvalue weighted by Gasteiger charge is -2.13. The second-order valence-electron chi connectivity index (χ2n) is 7.34. The Morgan fingerprint density at radius 3 is 2.63 bits per heavy atom. The first-order valence-electron chi connectivity index (χ1n) is 8.91. The zero-order valence-electron chi connectivity index (χ0n) is 15.6. The molecule has 0 saturated heterocycles. The van der Waals surface area contributed by atoms with Crippen molar-refractivity contribution in [3.05, 3.63) is 53.0 Å². The van der Waals surface area contributed by atoms with Crippen LogP contribution < -0.4 is 0 Å². The van der Waals surface area contributed by atoms with Crippen LogP contribution in [0.15, 0.2) is 34.9 Å². The van der Waals surface area contributed by atoms with E-state index in [4.69, 9.17) is 4.52 Å². The molecule has 4 rings (SSSR count). The fraction of sp³-hybridized carbons (Fsp3) is 0.421. The molecule has 0 radical (unpaired) electrons. The zero-order chi connectivity index (χ0) is 19.2. The third-order valence-corrected chi connectivity index (χ3v) is 6.06. The van der Waals surface area contributed by atoms with Gasteiger partial charge in [0.15, 0.2) is 11.5 Å². The van der Waals surface area contributed by atoms with Gasteiger partial charge in [0.1, 0.15) is 9.84 Å².